The molecule has 6 heteroatoms. The van der Waals surface area contributed by atoms with E-state index >= 15 is 0 Å². The van der Waals surface area contributed by atoms with Gasteiger partial charge < -0.3 is 10.1 Å². The lowest BCUT2D eigenvalue weighted by Crippen LogP contribution is -2.21. The lowest BCUT2D eigenvalue weighted by molar-refractivity contribution is -0.000499. The largest absolute Gasteiger partial charge is 0.754 e. The van der Waals surface area contributed by atoms with Crippen molar-refractivity contribution in [3.8, 4) is 0 Å². The van der Waals surface area contributed by atoms with Gasteiger partial charge in [-0.15, -0.1) is 0 Å². The van der Waals surface area contributed by atoms with Gasteiger partial charge in [0.1, 0.15) is 0 Å². The highest BCUT2D eigenvalue weighted by Gasteiger charge is 2.26. The summed E-state index contributed by atoms with van der Waals surface area (Å²) < 4.78 is 25.9. The quantitative estimate of drug-likeness (QED) is 0.374. The summed E-state index contributed by atoms with van der Waals surface area (Å²) in [5.74, 6) is 0. The fourth-order valence-electron chi connectivity index (χ4n) is 2.67. The maximum absolute atomic E-state index is 11.1. The van der Waals surface area contributed by atoms with E-state index in [1.165, 1.54) is 0 Å². The molecule has 0 bridgehead atoms. The van der Waals surface area contributed by atoms with E-state index < -0.39 is 11.3 Å². The van der Waals surface area contributed by atoms with Crippen LogP contribution < -0.4 is 0 Å². The third-order valence-corrected chi connectivity index (χ3v) is 3.78. The van der Waals surface area contributed by atoms with Crippen molar-refractivity contribution in [2.75, 3.05) is 0 Å². The van der Waals surface area contributed by atoms with Crippen LogP contribution >= 0.6 is 0 Å². The van der Waals surface area contributed by atoms with Gasteiger partial charge in [-0.1, -0.05) is 48.0 Å². The third-order valence-electron chi connectivity index (χ3n) is 3.45. The first kappa shape index (κ1) is 17.0. The van der Waals surface area contributed by atoms with Gasteiger partial charge in [0.05, 0.1) is 16.8 Å². The molecule has 0 heterocycles. The molecule has 0 aromatic heterocycles. The van der Waals surface area contributed by atoms with E-state index in [0.29, 0.717) is 11.1 Å². The van der Waals surface area contributed by atoms with E-state index in [9.17, 15) is 14.3 Å². The Kier molecular flexibility index (Phi) is 5.34. The summed E-state index contributed by atoms with van der Waals surface area (Å²) >= 11 is -2.66. The second-order valence-electron chi connectivity index (χ2n) is 5.25. The summed E-state index contributed by atoms with van der Waals surface area (Å²) in [4.78, 5) is 3.35. The van der Waals surface area contributed by atoms with Gasteiger partial charge in [0.15, 0.2) is 5.71 Å². The van der Waals surface area contributed by atoms with Crippen molar-refractivity contribution in [1.29, 1.82) is 0 Å². The lowest BCUT2D eigenvalue weighted by atomic mass is 9.92. The monoisotopic (exact) mass is 326 g/mol. The van der Waals surface area contributed by atoms with Crippen LogP contribution in [0.15, 0.2) is 46.9 Å². The average Bonchev–Trinajstić information content (AvgIpc) is 2.49. The van der Waals surface area contributed by atoms with Gasteiger partial charge >= 0.3 is 5.71 Å². The predicted octanol–water partition coefficient (Wildman–Crippen LogP) is 2.91. The van der Waals surface area contributed by atoms with Gasteiger partial charge in [-0.25, -0.2) is 0 Å². The van der Waals surface area contributed by atoms with Gasteiger partial charge in [-0.2, -0.15) is 9.19 Å². The molecule has 23 heavy (non-hydrogen) atoms. The first-order chi connectivity index (χ1) is 10.9. The molecule has 5 nitrogen and oxygen atoms in total. The van der Waals surface area contributed by atoms with Gasteiger partial charge in [0.2, 0.25) is 0 Å². The van der Waals surface area contributed by atoms with Crippen LogP contribution in [-0.4, -0.2) is 25.0 Å². The summed E-state index contributed by atoms with van der Waals surface area (Å²) in [5, 5.41) is 0. The van der Waals surface area contributed by atoms with Gasteiger partial charge in [-0.05, 0) is 31.9 Å². The van der Waals surface area contributed by atoms with Gasteiger partial charge in [0, 0.05) is 5.56 Å². The molecule has 1 atom stereocenters. The summed E-state index contributed by atoms with van der Waals surface area (Å²) in [6.45, 7) is 5.74. The molecule has 0 radical (unpaired) electrons. The minimum Gasteiger partial charge on any atom is -0.754 e. The first-order valence-corrected chi connectivity index (χ1v) is 8.01. The number of aryl methyl sites for hydroxylation is 3. The molecular weight excluding hydrogens is 310 g/mol. The summed E-state index contributed by atoms with van der Waals surface area (Å²) in [6, 6.07) is 12.7. The number of rotatable bonds is 4. The molecule has 0 aliphatic rings. The fourth-order valence-corrected chi connectivity index (χ4v) is 3.01. The second-order valence-corrected chi connectivity index (χ2v) is 5.86. The zero-order valence-corrected chi connectivity index (χ0v) is 13.9. The van der Waals surface area contributed by atoms with Crippen molar-refractivity contribution in [2.24, 2.45) is 4.40 Å². The SMILES string of the molecule is Cc1cc(C)c(C(=[N+]=[N-])/C(=N/S(=O)[O-])c2ccccc2)c(C)c1. The molecule has 2 aromatic carbocycles. The van der Waals surface area contributed by atoms with E-state index in [1.807, 2.05) is 39.0 Å². The Morgan fingerprint density at radius 2 is 1.70 bits per heavy atom. The number of benzene rings is 2. The molecule has 0 saturated carbocycles. The Labute approximate surface area is 137 Å². The minimum absolute atomic E-state index is 0.108. The molecule has 0 aliphatic carbocycles. The number of nitrogens with zero attached hydrogens (tertiary/aromatic N) is 3. The number of hydrogen-bond acceptors (Lipinski definition) is 2. The van der Waals surface area contributed by atoms with Crippen LogP contribution in [0.3, 0.4) is 0 Å². The maximum atomic E-state index is 11.1. The number of hydrogen-bond donors (Lipinski definition) is 0. The molecule has 0 N–H and O–H groups in total. The van der Waals surface area contributed by atoms with Crippen LogP contribution in [0.25, 0.3) is 5.53 Å². The first-order valence-electron chi connectivity index (χ1n) is 6.98. The van der Waals surface area contributed by atoms with Crippen molar-refractivity contribution >= 4 is 22.7 Å². The summed E-state index contributed by atoms with van der Waals surface area (Å²) in [7, 11) is 0. The average molecular weight is 326 g/mol. The lowest BCUT2D eigenvalue weighted by Gasteiger charge is -2.10. The fraction of sp³-hybridized carbons (Fsp3) is 0.176. The molecule has 0 saturated heterocycles. The topological polar surface area (TPSA) is 88.9 Å². The Bertz CT molecular complexity index is 815. The van der Waals surface area contributed by atoms with E-state index in [2.05, 4.69) is 9.19 Å². The molecule has 0 spiro atoms. The molecule has 118 valence electrons. The Morgan fingerprint density at radius 3 is 2.17 bits per heavy atom. The predicted molar refractivity (Wildman–Crippen MR) is 90.3 cm³/mol. The van der Waals surface area contributed by atoms with Crippen LogP contribution in [0.5, 0.6) is 0 Å². The minimum atomic E-state index is -2.66. The molecule has 0 aliphatic heterocycles. The van der Waals surface area contributed by atoms with Crippen LogP contribution in [-0.2, 0) is 11.3 Å². The summed E-state index contributed by atoms with van der Waals surface area (Å²) in [6.07, 6.45) is 0. The maximum Gasteiger partial charge on any atom is 0.349 e. The standard InChI is InChI=1S/C17H17N3O2S/c1-11-9-12(2)15(13(3)10-11)17(19-18)16(20-23(21)22)14-7-5-4-6-8-14/h4-10H,1-3H3,(H,21,22)/p-1/b20-16+. The summed E-state index contributed by atoms with van der Waals surface area (Å²) in [5.41, 5.74) is 13.9. The Balaban J connectivity index is 2.72. The van der Waals surface area contributed by atoms with Crippen molar-refractivity contribution in [3.63, 3.8) is 0 Å². The zero-order valence-electron chi connectivity index (χ0n) is 13.1. The highest BCUT2D eigenvalue weighted by molar-refractivity contribution is 7.78. The van der Waals surface area contributed by atoms with Crippen LogP contribution in [0.1, 0.15) is 27.8 Å². The van der Waals surface area contributed by atoms with Crippen molar-refractivity contribution in [3.05, 3.63) is 75.8 Å². The second kappa shape index (κ2) is 7.24. The molecule has 0 fully saturated rings. The molecule has 2 aromatic rings. The van der Waals surface area contributed by atoms with Crippen LogP contribution in [0.2, 0.25) is 0 Å². The normalized spacial score (nSPS) is 12.6. The van der Waals surface area contributed by atoms with E-state index in [-0.39, 0.29) is 11.4 Å². The molecular formula is C17H16N3O2S-. The molecule has 2 rings (SSSR count). The van der Waals surface area contributed by atoms with Crippen molar-refractivity contribution < 1.29 is 13.6 Å². The van der Waals surface area contributed by atoms with Crippen molar-refractivity contribution in [2.45, 2.75) is 20.8 Å². The van der Waals surface area contributed by atoms with Crippen molar-refractivity contribution in [1.82, 2.24) is 0 Å². The third kappa shape index (κ3) is 3.87. The smallest absolute Gasteiger partial charge is 0.349 e. The highest BCUT2D eigenvalue weighted by atomic mass is 32.2. The zero-order chi connectivity index (χ0) is 17.0. The Morgan fingerprint density at radius 1 is 1.13 bits per heavy atom. The van der Waals surface area contributed by atoms with Crippen LogP contribution in [0, 0.1) is 20.8 Å². The van der Waals surface area contributed by atoms with E-state index in [0.717, 1.165) is 16.7 Å². The highest BCUT2D eigenvalue weighted by Crippen LogP contribution is 2.19. The van der Waals surface area contributed by atoms with Gasteiger partial charge in [0.25, 0.3) is 0 Å². The Hall–Kier alpha value is -2.40. The van der Waals surface area contributed by atoms with Crippen LogP contribution in [0.4, 0.5) is 0 Å². The van der Waals surface area contributed by atoms with E-state index in [4.69, 9.17) is 0 Å². The molecule has 1 unspecified atom stereocenters. The van der Waals surface area contributed by atoms with Gasteiger partial charge in [-0.3, -0.25) is 4.21 Å². The van der Waals surface area contributed by atoms with E-state index in [1.54, 1.807) is 24.3 Å². The molecule has 0 amide bonds.